The van der Waals surface area contributed by atoms with E-state index in [-0.39, 0.29) is 18.1 Å². The third-order valence-electron chi connectivity index (χ3n) is 2.33. The number of alkyl halides is 1. The van der Waals surface area contributed by atoms with Crippen LogP contribution in [0.1, 0.15) is 29.6 Å². The van der Waals surface area contributed by atoms with Crippen LogP contribution >= 0.6 is 11.6 Å². The average molecular weight is 271 g/mol. The molecule has 5 heteroatoms. The lowest BCUT2D eigenvalue weighted by atomic mass is 10.2. The van der Waals surface area contributed by atoms with Gasteiger partial charge in [0.05, 0.1) is 12.7 Å². The van der Waals surface area contributed by atoms with Crippen molar-refractivity contribution < 1.29 is 19.1 Å². The predicted molar refractivity (Wildman–Crippen MR) is 68.6 cm³/mol. The molecule has 1 aromatic rings. The third-order valence-corrected chi connectivity index (χ3v) is 2.60. The second-order valence-corrected chi connectivity index (χ2v) is 4.02. The van der Waals surface area contributed by atoms with E-state index >= 15 is 0 Å². The summed E-state index contributed by atoms with van der Waals surface area (Å²) in [6, 6.07) is 4.70. The van der Waals surface area contributed by atoms with Gasteiger partial charge in [-0.1, -0.05) is 0 Å². The van der Waals surface area contributed by atoms with Gasteiger partial charge < -0.3 is 9.47 Å². The first-order valence-corrected chi connectivity index (χ1v) is 6.14. The van der Waals surface area contributed by atoms with Gasteiger partial charge in [-0.05, 0) is 31.0 Å². The molecule has 0 aliphatic carbocycles. The first-order valence-electron chi connectivity index (χ1n) is 5.61. The Morgan fingerprint density at radius 3 is 2.78 bits per heavy atom. The second kappa shape index (κ2) is 7.71. The monoisotopic (exact) mass is 270 g/mol. The highest BCUT2D eigenvalue weighted by molar-refractivity contribution is 6.17. The Morgan fingerprint density at radius 2 is 2.17 bits per heavy atom. The zero-order chi connectivity index (χ0) is 13.4. The van der Waals surface area contributed by atoms with E-state index in [0.29, 0.717) is 29.9 Å². The number of carbonyl (C=O) groups excluding carboxylic acids is 2. The maximum absolute atomic E-state index is 11.5. The number of rotatable bonds is 7. The van der Waals surface area contributed by atoms with Crippen LogP contribution in [0.4, 0.5) is 0 Å². The van der Waals surface area contributed by atoms with E-state index < -0.39 is 0 Å². The minimum absolute atomic E-state index is 0.252. The van der Waals surface area contributed by atoms with Gasteiger partial charge in [0, 0.05) is 12.3 Å². The summed E-state index contributed by atoms with van der Waals surface area (Å²) in [5, 5.41) is 0. The number of carbonyl (C=O) groups is 2. The van der Waals surface area contributed by atoms with E-state index in [1.807, 2.05) is 0 Å². The fourth-order valence-corrected chi connectivity index (χ4v) is 1.57. The van der Waals surface area contributed by atoms with Crippen molar-refractivity contribution >= 4 is 23.9 Å². The quantitative estimate of drug-likeness (QED) is 0.251. The predicted octanol–water partition coefficient (Wildman–Crippen LogP) is 2.82. The Kier molecular flexibility index (Phi) is 6.22. The fourth-order valence-electron chi connectivity index (χ4n) is 1.38. The smallest absolute Gasteiger partial charge is 0.311 e. The molecule has 0 saturated heterocycles. The molecule has 0 atom stereocenters. The molecule has 0 N–H and O–H groups in total. The van der Waals surface area contributed by atoms with Crippen LogP contribution in [-0.4, -0.2) is 25.2 Å². The Bertz CT molecular complexity index is 417. The largest absolute Gasteiger partial charge is 0.497 e. The molecule has 4 nitrogen and oxygen atoms in total. The summed E-state index contributed by atoms with van der Waals surface area (Å²) >= 11 is 5.51. The van der Waals surface area contributed by atoms with Crippen molar-refractivity contribution in [3.05, 3.63) is 23.8 Å². The number of benzene rings is 1. The summed E-state index contributed by atoms with van der Waals surface area (Å²) in [6.07, 6.45) is 2.36. The minimum Gasteiger partial charge on any atom is -0.497 e. The van der Waals surface area contributed by atoms with Crippen LogP contribution in [0.15, 0.2) is 18.2 Å². The Morgan fingerprint density at radius 1 is 1.39 bits per heavy atom. The van der Waals surface area contributed by atoms with Gasteiger partial charge in [0.25, 0.3) is 0 Å². The summed E-state index contributed by atoms with van der Waals surface area (Å²) < 4.78 is 10.1. The molecule has 0 unspecified atom stereocenters. The fraction of sp³-hybridized carbons (Fsp3) is 0.385. The van der Waals surface area contributed by atoms with E-state index in [1.54, 1.807) is 12.1 Å². The average Bonchev–Trinajstić information content (AvgIpc) is 2.39. The maximum Gasteiger partial charge on any atom is 0.311 e. The van der Waals surface area contributed by atoms with Crippen LogP contribution < -0.4 is 9.47 Å². The molecular formula is C13H15ClO4. The van der Waals surface area contributed by atoms with Gasteiger partial charge in [0.15, 0.2) is 6.29 Å². The summed E-state index contributed by atoms with van der Waals surface area (Å²) in [5.74, 6) is 0.948. The molecule has 18 heavy (non-hydrogen) atoms. The molecule has 1 aromatic carbocycles. The molecule has 0 fully saturated rings. The molecule has 0 saturated carbocycles. The number of hydrogen-bond donors (Lipinski definition) is 0. The zero-order valence-electron chi connectivity index (χ0n) is 10.1. The minimum atomic E-state index is -0.367. The maximum atomic E-state index is 11.5. The number of hydrogen-bond acceptors (Lipinski definition) is 4. The van der Waals surface area contributed by atoms with Crippen molar-refractivity contribution in [1.29, 1.82) is 0 Å². The lowest BCUT2D eigenvalue weighted by Gasteiger charge is -2.08. The highest BCUT2D eigenvalue weighted by Crippen LogP contribution is 2.23. The molecule has 0 spiro atoms. The van der Waals surface area contributed by atoms with E-state index in [4.69, 9.17) is 21.1 Å². The number of aldehydes is 1. The topological polar surface area (TPSA) is 52.6 Å². The molecule has 0 heterocycles. The third kappa shape index (κ3) is 4.37. The van der Waals surface area contributed by atoms with Crippen molar-refractivity contribution in [3.63, 3.8) is 0 Å². The molecule has 98 valence electrons. The van der Waals surface area contributed by atoms with Crippen LogP contribution in [0.2, 0.25) is 0 Å². The lowest BCUT2D eigenvalue weighted by molar-refractivity contribution is -0.134. The van der Waals surface area contributed by atoms with Gasteiger partial charge in [0.1, 0.15) is 11.5 Å². The molecule has 1 rings (SSSR count). The molecular weight excluding hydrogens is 256 g/mol. The van der Waals surface area contributed by atoms with Crippen molar-refractivity contribution in [2.75, 3.05) is 13.0 Å². The summed E-state index contributed by atoms with van der Waals surface area (Å²) in [6.45, 7) is 0. The first-order chi connectivity index (χ1) is 8.71. The van der Waals surface area contributed by atoms with Crippen LogP contribution in [0.3, 0.4) is 0 Å². The van der Waals surface area contributed by atoms with E-state index in [2.05, 4.69) is 0 Å². The van der Waals surface area contributed by atoms with E-state index in [9.17, 15) is 9.59 Å². The van der Waals surface area contributed by atoms with Crippen molar-refractivity contribution in [3.8, 4) is 11.5 Å². The summed E-state index contributed by atoms with van der Waals surface area (Å²) in [5.41, 5.74) is 0.292. The highest BCUT2D eigenvalue weighted by Gasteiger charge is 2.10. The molecule has 0 aliphatic rings. The molecule has 0 radical (unpaired) electrons. The highest BCUT2D eigenvalue weighted by atomic mass is 35.5. The van der Waals surface area contributed by atoms with Gasteiger partial charge in [-0.15, -0.1) is 11.6 Å². The summed E-state index contributed by atoms with van der Waals surface area (Å²) in [7, 11) is 1.50. The van der Waals surface area contributed by atoms with E-state index in [0.717, 1.165) is 6.42 Å². The van der Waals surface area contributed by atoms with Gasteiger partial charge in [0.2, 0.25) is 0 Å². The van der Waals surface area contributed by atoms with Gasteiger partial charge >= 0.3 is 5.97 Å². The van der Waals surface area contributed by atoms with Crippen molar-refractivity contribution in [2.45, 2.75) is 19.3 Å². The van der Waals surface area contributed by atoms with Crippen LogP contribution in [0, 0.1) is 0 Å². The number of esters is 1. The summed E-state index contributed by atoms with van der Waals surface area (Å²) in [4.78, 5) is 22.4. The Labute approximate surface area is 111 Å². The van der Waals surface area contributed by atoms with Crippen molar-refractivity contribution in [2.24, 2.45) is 0 Å². The SMILES string of the molecule is COc1ccc(OC(=O)CCCCCl)c(C=O)c1. The second-order valence-electron chi connectivity index (χ2n) is 3.64. The Balaban J connectivity index is 2.66. The number of unbranched alkanes of at least 4 members (excludes halogenated alkanes) is 1. The Hall–Kier alpha value is -1.55. The zero-order valence-corrected chi connectivity index (χ0v) is 10.9. The van der Waals surface area contributed by atoms with Crippen LogP contribution in [-0.2, 0) is 4.79 Å². The number of methoxy groups -OCH3 is 1. The standard InChI is InChI=1S/C13H15ClO4/c1-17-11-5-6-12(10(8-11)9-15)18-13(16)4-2-3-7-14/h5-6,8-9H,2-4,7H2,1H3. The van der Waals surface area contributed by atoms with Crippen LogP contribution in [0.25, 0.3) is 0 Å². The normalized spacial score (nSPS) is 9.89. The lowest BCUT2D eigenvalue weighted by Crippen LogP contribution is -2.09. The number of ether oxygens (including phenoxy) is 2. The molecule has 0 aliphatic heterocycles. The number of halogens is 1. The van der Waals surface area contributed by atoms with Gasteiger partial charge in [-0.2, -0.15) is 0 Å². The molecule has 0 bridgehead atoms. The first kappa shape index (κ1) is 14.5. The van der Waals surface area contributed by atoms with Gasteiger partial charge in [-0.25, -0.2) is 0 Å². The van der Waals surface area contributed by atoms with Crippen LogP contribution in [0.5, 0.6) is 11.5 Å². The van der Waals surface area contributed by atoms with Gasteiger partial charge in [-0.3, -0.25) is 9.59 Å². The van der Waals surface area contributed by atoms with E-state index in [1.165, 1.54) is 13.2 Å². The molecule has 0 aromatic heterocycles. The molecule has 0 amide bonds. The van der Waals surface area contributed by atoms with Crippen molar-refractivity contribution in [1.82, 2.24) is 0 Å².